The number of carbonyl (C=O) groups is 2. The maximum absolute atomic E-state index is 11.8. The van der Waals surface area contributed by atoms with Gasteiger partial charge >= 0.3 is 5.97 Å². The lowest BCUT2D eigenvalue weighted by molar-refractivity contribution is -0.131. The summed E-state index contributed by atoms with van der Waals surface area (Å²) in [7, 11) is 0. The summed E-state index contributed by atoms with van der Waals surface area (Å²) >= 11 is 0. The van der Waals surface area contributed by atoms with E-state index in [0.717, 1.165) is 18.6 Å². The van der Waals surface area contributed by atoms with Crippen LogP contribution < -0.4 is 5.32 Å². The smallest absolute Gasteiger partial charge is 0.328 e. The van der Waals surface area contributed by atoms with Gasteiger partial charge in [0.05, 0.1) is 0 Å². The molecule has 0 aliphatic rings. The maximum Gasteiger partial charge on any atom is 0.328 e. The Morgan fingerprint density at radius 2 is 1.46 bits per heavy atom. The Morgan fingerprint density at radius 3 is 1.92 bits per heavy atom. The minimum absolute atomic E-state index is 0.0960. The molecule has 2 aromatic carbocycles. The number of carboxylic acids is 1. The van der Waals surface area contributed by atoms with Gasteiger partial charge < -0.3 is 10.4 Å². The van der Waals surface area contributed by atoms with E-state index in [4.69, 9.17) is 5.11 Å². The molecule has 1 atom stereocenters. The van der Waals surface area contributed by atoms with Crippen molar-refractivity contribution in [2.45, 2.75) is 25.3 Å². The lowest BCUT2D eigenvalue weighted by Crippen LogP contribution is -2.32. The zero-order valence-electron chi connectivity index (χ0n) is 13.6. The number of benzene rings is 2. The summed E-state index contributed by atoms with van der Waals surface area (Å²) in [5.41, 5.74) is 2.37. The number of aliphatic carboxylic acids is 1. The Hall–Kier alpha value is -2.88. The lowest BCUT2D eigenvalue weighted by atomic mass is 9.86. The van der Waals surface area contributed by atoms with E-state index < -0.39 is 11.9 Å². The number of hydrogen-bond acceptors (Lipinski definition) is 2. The molecule has 1 amide bonds. The number of carboxylic acid groups (broad SMARTS) is 1. The number of rotatable bonds is 7. The summed E-state index contributed by atoms with van der Waals surface area (Å²) in [6.45, 7) is 1.92. The van der Waals surface area contributed by atoms with Gasteiger partial charge in [0.1, 0.15) is 0 Å². The van der Waals surface area contributed by atoms with Gasteiger partial charge in [-0.05, 0) is 24.5 Å². The van der Waals surface area contributed by atoms with Crippen molar-refractivity contribution in [3.8, 4) is 0 Å². The van der Waals surface area contributed by atoms with Gasteiger partial charge in [-0.2, -0.15) is 0 Å². The first kappa shape index (κ1) is 17.5. The molecule has 0 spiro atoms. The monoisotopic (exact) mass is 323 g/mol. The average Bonchev–Trinajstić information content (AvgIpc) is 2.59. The highest BCUT2D eigenvalue weighted by molar-refractivity contribution is 5.93. The van der Waals surface area contributed by atoms with E-state index in [-0.39, 0.29) is 12.0 Å². The van der Waals surface area contributed by atoms with E-state index in [9.17, 15) is 9.59 Å². The number of nitrogens with one attached hydrogen (secondary N) is 1. The Bertz CT molecular complexity index is 656. The predicted molar refractivity (Wildman–Crippen MR) is 93.7 cm³/mol. The molecule has 0 bridgehead atoms. The molecule has 124 valence electrons. The van der Waals surface area contributed by atoms with Crippen molar-refractivity contribution in [1.29, 1.82) is 0 Å². The molecule has 0 saturated heterocycles. The molecule has 0 saturated carbocycles. The largest absolute Gasteiger partial charge is 0.478 e. The predicted octanol–water partition coefficient (Wildman–Crippen LogP) is 3.35. The second kappa shape index (κ2) is 8.67. The normalized spacial score (nSPS) is 12.2. The van der Waals surface area contributed by atoms with E-state index in [1.807, 2.05) is 43.3 Å². The first-order valence-corrected chi connectivity index (χ1v) is 7.87. The third-order valence-electron chi connectivity index (χ3n) is 3.76. The lowest BCUT2D eigenvalue weighted by Gasteiger charge is -2.22. The number of hydrogen-bond donors (Lipinski definition) is 2. The highest BCUT2D eigenvalue weighted by atomic mass is 16.4. The molecule has 0 radical (unpaired) electrons. The van der Waals surface area contributed by atoms with Gasteiger partial charge in [0.2, 0.25) is 5.91 Å². The fourth-order valence-corrected chi connectivity index (χ4v) is 2.69. The topological polar surface area (TPSA) is 66.4 Å². The van der Waals surface area contributed by atoms with Crippen LogP contribution in [-0.4, -0.2) is 23.0 Å². The maximum atomic E-state index is 11.8. The van der Waals surface area contributed by atoms with Gasteiger partial charge in [0, 0.05) is 24.1 Å². The molecule has 0 aliphatic carbocycles. The quantitative estimate of drug-likeness (QED) is 0.768. The average molecular weight is 323 g/mol. The molecular weight excluding hydrogens is 302 g/mol. The van der Waals surface area contributed by atoms with Crippen LogP contribution in [0.1, 0.15) is 30.4 Å². The van der Waals surface area contributed by atoms with E-state index in [1.165, 1.54) is 11.1 Å². The van der Waals surface area contributed by atoms with Crippen molar-refractivity contribution in [3.05, 3.63) is 83.9 Å². The zero-order valence-corrected chi connectivity index (χ0v) is 13.6. The van der Waals surface area contributed by atoms with Gasteiger partial charge in [-0.3, -0.25) is 4.79 Å². The van der Waals surface area contributed by atoms with Crippen molar-refractivity contribution in [2.24, 2.45) is 0 Å². The summed E-state index contributed by atoms with van der Waals surface area (Å²) in [6.07, 6.45) is 2.60. The van der Waals surface area contributed by atoms with Crippen LogP contribution in [0, 0.1) is 0 Å². The third kappa shape index (κ3) is 5.39. The van der Waals surface area contributed by atoms with Gasteiger partial charge in [0.15, 0.2) is 0 Å². The Morgan fingerprint density at radius 1 is 0.958 bits per heavy atom. The van der Waals surface area contributed by atoms with E-state index in [2.05, 4.69) is 29.6 Å². The Balaban J connectivity index is 2.11. The molecule has 4 nitrogen and oxygen atoms in total. The standard InChI is InChI=1S/C20H21NO3/c1-15(21-19(22)12-13-20(23)24)14-18(16-8-4-2-5-9-16)17-10-6-3-7-11-17/h2-13,15,18H,14H2,1H3,(H,21,22)(H,23,24)/b13-12-/t15-/m1/s1. The molecule has 2 aromatic rings. The first-order valence-electron chi connectivity index (χ1n) is 7.87. The van der Waals surface area contributed by atoms with E-state index in [0.29, 0.717) is 0 Å². The van der Waals surface area contributed by atoms with Crippen LogP contribution in [-0.2, 0) is 9.59 Å². The molecule has 2 N–H and O–H groups in total. The SMILES string of the molecule is C[C@H](CC(c1ccccc1)c1ccccc1)NC(=O)/C=C\C(=O)O. The Kier molecular flexibility index (Phi) is 6.32. The van der Waals surface area contributed by atoms with Crippen molar-refractivity contribution >= 4 is 11.9 Å². The summed E-state index contributed by atoms with van der Waals surface area (Å²) in [4.78, 5) is 22.2. The third-order valence-corrected chi connectivity index (χ3v) is 3.76. The van der Waals surface area contributed by atoms with Gasteiger partial charge in [-0.25, -0.2) is 4.79 Å². The van der Waals surface area contributed by atoms with Crippen LogP contribution in [0.3, 0.4) is 0 Å². The zero-order chi connectivity index (χ0) is 17.4. The van der Waals surface area contributed by atoms with Crippen LogP contribution in [0.2, 0.25) is 0 Å². The van der Waals surface area contributed by atoms with Crippen LogP contribution in [0.4, 0.5) is 0 Å². The van der Waals surface area contributed by atoms with Crippen molar-refractivity contribution in [2.75, 3.05) is 0 Å². The van der Waals surface area contributed by atoms with E-state index in [1.54, 1.807) is 0 Å². The molecule has 4 heteroatoms. The second-order valence-corrected chi connectivity index (χ2v) is 5.69. The molecule has 24 heavy (non-hydrogen) atoms. The van der Waals surface area contributed by atoms with Gasteiger partial charge in [0.25, 0.3) is 0 Å². The van der Waals surface area contributed by atoms with Crippen LogP contribution in [0.25, 0.3) is 0 Å². The molecule has 0 fully saturated rings. The molecule has 0 aliphatic heterocycles. The minimum Gasteiger partial charge on any atom is -0.478 e. The summed E-state index contributed by atoms with van der Waals surface area (Å²) in [5.74, 6) is -1.37. The molecular formula is C20H21NO3. The minimum atomic E-state index is -1.13. The highest BCUT2D eigenvalue weighted by Gasteiger charge is 2.18. The van der Waals surface area contributed by atoms with Crippen molar-refractivity contribution < 1.29 is 14.7 Å². The summed E-state index contributed by atoms with van der Waals surface area (Å²) in [6, 6.07) is 20.2. The fraction of sp³-hybridized carbons (Fsp3) is 0.200. The number of carbonyl (C=O) groups excluding carboxylic acids is 1. The van der Waals surface area contributed by atoms with Crippen molar-refractivity contribution in [1.82, 2.24) is 5.32 Å². The summed E-state index contributed by atoms with van der Waals surface area (Å²) < 4.78 is 0. The highest BCUT2D eigenvalue weighted by Crippen LogP contribution is 2.28. The van der Waals surface area contributed by atoms with Gasteiger partial charge in [-0.15, -0.1) is 0 Å². The second-order valence-electron chi connectivity index (χ2n) is 5.69. The van der Waals surface area contributed by atoms with Gasteiger partial charge in [-0.1, -0.05) is 60.7 Å². The van der Waals surface area contributed by atoms with Crippen LogP contribution in [0.5, 0.6) is 0 Å². The molecule has 2 rings (SSSR count). The molecule has 0 unspecified atom stereocenters. The van der Waals surface area contributed by atoms with Crippen LogP contribution in [0.15, 0.2) is 72.8 Å². The van der Waals surface area contributed by atoms with E-state index >= 15 is 0 Å². The molecule has 0 aromatic heterocycles. The Labute approximate surface area is 141 Å². The molecule has 0 heterocycles. The summed E-state index contributed by atoms with van der Waals surface area (Å²) in [5, 5.41) is 11.4. The van der Waals surface area contributed by atoms with Crippen molar-refractivity contribution in [3.63, 3.8) is 0 Å². The fourth-order valence-electron chi connectivity index (χ4n) is 2.69. The first-order chi connectivity index (χ1) is 11.6. The number of amides is 1. The van der Waals surface area contributed by atoms with Crippen LogP contribution >= 0.6 is 0 Å².